The number of benzene rings is 2. The van der Waals surface area contributed by atoms with E-state index in [1.807, 2.05) is 61.5 Å². The Kier molecular flexibility index (Phi) is 6.56. The molecule has 0 radical (unpaired) electrons. The van der Waals surface area contributed by atoms with E-state index in [0.29, 0.717) is 5.88 Å². The van der Waals surface area contributed by atoms with Crippen molar-refractivity contribution in [2.45, 2.75) is 12.8 Å². The third-order valence-electron chi connectivity index (χ3n) is 2.35. The molecular weight excluding hydrogens is 263 g/mol. The number of aryl methyl sites for hydroxylation is 1. The quantitative estimate of drug-likeness (QED) is 0.617. The highest BCUT2D eigenvalue weighted by Crippen LogP contribution is 2.08. The van der Waals surface area contributed by atoms with Gasteiger partial charge in [0.1, 0.15) is 0 Å². The maximum Gasteiger partial charge on any atom is 0.0474 e. The van der Waals surface area contributed by atoms with Crippen LogP contribution in [0, 0.1) is 6.92 Å². The van der Waals surface area contributed by atoms with E-state index < -0.39 is 0 Å². The van der Waals surface area contributed by atoms with Crippen molar-refractivity contribution in [2.24, 2.45) is 0 Å². The molecule has 0 aliphatic rings. The molecule has 0 aromatic heterocycles. The average molecular weight is 279 g/mol. The smallest absolute Gasteiger partial charge is 0.0474 e. The van der Waals surface area contributed by atoms with E-state index in [1.54, 1.807) is 0 Å². The van der Waals surface area contributed by atoms with E-state index in [1.165, 1.54) is 5.56 Å². The molecule has 0 aliphatic carbocycles. The van der Waals surface area contributed by atoms with Crippen LogP contribution in [0.3, 0.4) is 0 Å². The summed E-state index contributed by atoms with van der Waals surface area (Å²) in [5.74, 6) is 0.571. The van der Waals surface area contributed by atoms with Crippen LogP contribution in [0.1, 0.15) is 16.7 Å². The molecule has 0 nitrogen and oxygen atoms in total. The average Bonchev–Trinajstić information content (AvgIpc) is 2.43. The van der Waals surface area contributed by atoms with Gasteiger partial charge >= 0.3 is 0 Å². The van der Waals surface area contributed by atoms with E-state index in [9.17, 15) is 0 Å². The molecule has 0 unspecified atom stereocenters. The normalized spacial score (nSPS) is 9.28. The van der Waals surface area contributed by atoms with Crippen molar-refractivity contribution in [3.63, 3.8) is 0 Å². The SMILES string of the molecule is C=Cc1cccc(CCl)c1.Cc1ccc(Cl)cc1. The van der Waals surface area contributed by atoms with Crippen molar-refractivity contribution in [2.75, 3.05) is 0 Å². The van der Waals surface area contributed by atoms with Gasteiger partial charge in [0.2, 0.25) is 0 Å². The first-order valence-electron chi connectivity index (χ1n) is 5.65. The van der Waals surface area contributed by atoms with E-state index in [0.717, 1.165) is 16.1 Å². The summed E-state index contributed by atoms with van der Waals surface area (Å²) in [5.41, 5.74) is 3.51. The lowest BCUT2D eigenvalue weighted by molar-refractivity contribution is 1.39. The van der Waals surface area contributed by atoms with E-state index >= 15 is 0 Å². The molecule has 0 spiro atoms. The predicted molar refractivity (Wildman–Crippen MR) is 82.3 cm³/mol. The van der Waals surface area contributed by atoms with Crippen LogP contribution >= 0.6 is 23.2 Å². The highest BCUT2D eigenvalue weighted by molar-refractivity contribution is 6.30. The zero-order chi connectivity index (χ0) is 13.4. The molecule has 0 heterocycles. The van der Waals surface area contributed by atoms with Gasteiger partial charge in [0.15, 0.2) is 0 Å². The van der Waals surface area contributed by atoms with Gasteiger partial charge in [-0.25, -0.2) is 0 Å². The van der Waals surface area contributed by atoms with Gasteiger partial charge in [-0.1, -0.05) is 66.2 Å². The largest absolute Gasteiger partial charge is 0.122 e. The van der Waals surface area contributed by atoms with Crippen LogP contribution < -0.4 is 0 Å². The van der Waals surface area contributed by atoms with Gasteiger partial charge in [0.05, 0.1) is 0 Å². The van der Waals surface area contributed by atoms with Crippen molar-refractivity contribution in [1.29, 1.82) is 0 Å². The first kappa shape index (κ1) is 14.8. The molecule has 0 aliphatic heterocycles. The van der Waals surface area contributed by atoms with Gasteiger partial charge in [-0.2, -0.15) is 0 Å². The summed E-state index contributed by atoms with van der Waals surface area (Å²) in [7, 11) is 0. The minimum atomic E-state index is 0.571. The van der Waals surface area contributed by atoms with Gasteiger partial charge in [-0.05, 0) is 30.2 Å². The molecule has 0 atom stereocenters. The summed E-state index contributed by atoms with van der Waals surface area (Å²) < 4.78 is 0. The van der Waals surface area contributed by atoms with Crippen LogP contribution in [0.25, 0.3) is 6.08 Å². The monoisotopic (exact) mass is 278 g/mol. The number of alkyl halides is 1. The van der Waals surface area contributed by atoms with Crippen LogP contribution in [-0.4, -0.2) is 0 Å². The fraction of sp³-hybridized carbons (Fsp3) is 0.125. The van der Waals surface area contributed by atoms with E-state index in [4.69, 9.17) is 23.2 Å². The Bertz CT molecular complexity index is 466. The first-order valence-corrected chi connectivity index (χ1v) is 6.56. The number of rotatable bonds is 2. The van der Waals surface area contributed by atoms with Gasteiger partial charge in [0.25, 0.3) is 0 Å². The minimum Gasteiger partial charge on any atom is -0.122 e. The highest BCUT2D eigenvalue weighted by Gasteiger charge is 1.88. The Balaban J connectivity index is 0.000000184. The molecule has 0 fully saturated rings. The lowest BCUT2D eigenvalue weighted by Crippen LogP contribution is -1.77. The third kappa shape index (κ3) is 5.39. The summed E-state index contributed by atoms with van der Waals surface area (Å²) in [4.78, 5) is 0. The number of hydrogen-bond donors (Lipinski definition) is 0. The van der Waals surface area contributed by atoms with E-state index in [2.05, 4.69) is 6.58 Å². The lowest BCUT2D eigenvalue weighted by atomic mass is 10.1. The van der Waals surface area contributed by atoms with Crippen molar-refractivity contribution in [3.8, 4) is 0 Å². The minimum absolute atomic E-state index is 0.571. The second-order valence-electron chi connectivity index (χ2n) is 3.88. The summed E-state index contributed by atoms with van der Waals surface area (Å²) in [5, 5.41) is 0.801. The van der Waals surface area contributed by atoms with Gasteiger partial charge in [-0.15, -0.1) is 11.6 Å². The van der Waals surface area contributed by atoms with Crippen LogP contribution in [-0.2, 0) is 5.88 Å². The molecule has 0 N–H and O–H groups in total. The second-order valence-corrected chi connectivity index (χ2v) is 4.58. The molecule has 0 bridgehead atoms. The lowest BCUT2D eigenvalue weighted by Gasteiger charge is -1.95. The predicted octanol–water partition coefficient (Wildman–Crippen LogP) is 5.72. The molecule has 2 rings (SSSR count). The van der Waals surface area contributed by atoms with Gasteiger partial charge in [-0.3, -0.25) is 0 Å². The van der Waals surface area contributed by atoms with Gasteiger partial charge in [0, 0.05) is 10.9 Å². The standard InChI is InChI=1S/C9H9Cl.C7H7Cl/c1-2-8-4-3-5-9(6-8)7-10;1-6-2-4-7(8)5-3-6/h2-6H,1,7H2;2-5H,1H3. The Morgan fingerprint density at radius 2 is 1.78 bits per heavy atom. The van der Waals surface area contributed by atoms with Crippen LogP contribution in [0.15, 0.2) is 55.1 Å². The van der Waals surface area contributed by atoms with Crippen LogP contribution in [0.4, 0.5) is 0 Å². The Hall–Kier alpha value is -1.24. The summed E-state index contributed by atoms with van der Waals surface area (Å²) in [6, 6.07) is 15.8. The molecule has 2 aromatic rings. The first-order chi connectivity index (χ1) is 8.65. The van der Waals surface area contributed by atoms with Crippen LogP contribution in [0.5, 0.6) is 0 Å². The molecule has 2 aromatic carbocycles. The van der Waals surface area contributed by atoms with Crippen LogP contribution in [0.2, 0.25) is 5.02 Å². The molecule has 0 amide bonds. The summed E-state index contributed by atoms with van der Waals surface area (Å²) in [6.07, 6.45) is 1.82. The summed E-state index contributed by atoms with van der Waals surface area (Å²) >= 11 is 11.2. The Morgan fingerprint density at radius 1 is 1.11 bits per heavy atom. The zero-order valence-corrected chi connectivity index (χ0v) is 11.9. The molecule has 0 saturated carbocycles. The summed E-state index contributed by atoms with van der Waals surface area (Å²) in [6.45, 7) is 5.70. The molecular formula is C16H16Cl2. The highest BCUT2D eigenvalue weighted by atomic mass is 35.5. The molecule has 18 heavy (non-hydrogen) atoms. The fourth-order valence-corrected chi connectivity index (χ4v) is 1.63. The Morgan fingerprint density at radius 3 is 2.28 bits per heavy atom. The van der Waals surface area contributed by atoms with Crippen molar-refractivity contribution in [1.82, 2.24) is 0 Å². The molecule has 94 valence electrons. The molecule has 2 heteroatoms. The van der Waals surface area contributed by atoms with Crippen molar-refractivity contribution >= 4 is 29.3 Å². The maximum atomic E-state index is 5.62. The van der Waals surface area contributed by atoms with E-state index in [-0.39, 0.29) is 0 Å². The third-order valence-corrected chi connectivity index (χ3v) is 2.91. The van der Waals surface area contributed by atoms with Crippen molar-refractivity contribution in [3.05, 3.63) is 76.8 Å². The maximum absolute atomic E-state index is 5.62. The second kappa shape index (κ2) is 7.97. The zero-order valence-electron chi connectivity index (χ0n) is 10.4. The molecule has 0 saturated heterocycles. The Labute approximate surface area is 119 Å². The number of hydrogen-bond acceptors (Lipinski definition) is 0. The van der Waals surface area contributed by atoms with Crippen molar-refractivity contribution < 1.29 is 0 Å². The number of halogens is 2. The van der Waals surface area contributed by atoms with Gasteiger partial charge < -0.3 is 0 Å². The topological polar surface area (TPSA) is 0 Å². The fourth-order valence-electron chi connectivity index (χ4n) is 1.34.